The van der Waals surface area contributed by atoms with Gasteiger partial charge >= 0.3 is 0 Å². The SMILES string of the molecule is CS(=O)(=O)c1nc(C(N)=O)c2c(-c3ccccc3Cl)n[nH]c2n1. The van der Waals surface area contributed by atoms with Crippen molar-refractivity contribution in [1.82, 2.24) is 20.2 Å². The number of sulfone groups is 1. The van der Waals surface area contributed by atoms with Crippen LogP contribution in [0.15, 0.2) is 29.4 Å². The normalized spacial score (nSPS) is 11.7. The number of hydrogen-bond donors (Lipinski definition) is 2. The summed E-state index contributed by atoms with van der Waals surface area (Å²) in [4.78, 5) is 19.4. The van der Waals surface area contributed by atoms with Gasteiger partial charge in [-0.15, -0.1) is 0 Å². The van der Waals surface area contributed by atoms with Crippen molar-refractivity contribution >= 4 is 38.4 Å². The third-order valence-corrected chi connectivity index (χ3v) is 4.27. The van der Waals surface area contributed by atoms with Crippen LogP contribution in [0.25, 0.3) is 22.3 Å². The Morgan fingerprint density at radius 3 is 2.57 bits per heavy atom. The standard InChI is InChI=1S/C13H10ClN5O3S/c1-23(21,22)13-16-10(11(15)20)8-9(18-19-12(8)17-13)6-4-2-3-5-7(6)14/h2-5H,1H3,(H2,15,20)(H,16,17,18,19). The van der Waals surface area contributed by atoms with Crippen molar-refractivity contribution < 1.29 is 13.2 Å². The minimum absolute atomic E-state index is 0.0872. The highest BCUT2D eigenvalue weighted by molar-refractivity contribution is 7.90. The second-order valence-corrected chi connectivity index (χ2v) is 7.08. The second kappa shape index (κ2) is 5.28. The molecular weight excluding hydrogens is 342 g/mol. The van der Waals surface area contributed by atoms with Gasteiger partial charge in [-0.2, -0.15) is 10.1 Å². The monoisotopic (exact) mass is 351 g/mol. The number of nitrogens with two attached hydrogens (primary N) is 1. The number of fused-ring (bicyclic) bond motifs is 1. The maximum Gasteiger partial charge on any atom is 0.268 e. The van der Waals surface area contributed by atoms with E-state index < -0.39 is 20.9 Å². The lowest BCUT2D eigenvalue weighted by Crippen LogP contribution is -2.17. The van der Waals surface area contributed by atoms with Crippen molar-refractivity contribution in [2.24, 2.45) is 5.73 Å². The van der Waals surface area contributed by atoms with Gasteiger partial charge in [0.25, 0.3) is 5.91 Å². The molecule has 0 aliphatic heterocycles. The van der Waals surface area contributed by atoms with Gasteiger partial charge in [0.15, 0.2) is 5.65 Å². The fourth-order valence-electron chi connectivity index (χ4n) is 2.10. The molecule has 3 aromatic rings. The highest BCUT2D eigenvalue weighted by atomic mass is 35.5. The van der Waals surface area contributed by atoms with Crippen LogP contribution < -0.4 is 5.73 Å². The number of rotatable bonds is 3. The maximum absolute atomic E-state index is 11.7. The molecule has 0 saturated heterocycles. The Hall–Kier alpha value is -2.52. The number of aromatic nitrogens is 4. The van der Waals surface area contributed by atoms with Crippen molar-refractivity contribution in [3.8, 4) is 11.3 Å². The van der Waals surface area contributed by atoms with Crippen molar-refractivity contribution in [2.75, 3.05) is 6.26 Å². The van der Waals surface area contributed by atoms with E-state index in [0.29, 0.717) is 16.3 Å². The first-order valence-corrected chi connectivity index (χ1v) is 8.57. The Bertz CT molecular complexity index is 1040. The van der Waals surface area contributed by atoms with Gasteiger partial charge in [-0.25, -0.2) is 13.4 Å². The van der Waals surface area contributed by atoms with Crippen LogP contribution in [0.2, 0.25) is 5.02 Å². The summed E-state index contributed by atoms with van der Waals surface area (Å²) in [5.41, 5.74) is 6.05. The highest BCUT2D eigenvalue weighted by Gasteiger charge is 2.23. The average Bonchev–Trinajstić information content (AvgIpc) is 2.89. The van der Waals surface area contributed by atoms with Crippen molar-refractivity contribution in [3.05, 3.63) is 35.0 Å². The van der Waals surface area contributed by atoms with Crippen LogP contribution >= 0.6 is 11.6 Å². The summed E-state index contributed by atoms with van der Waals surface area (Å²) in [6.45, 7) is 0. The number of primary amides is 1. The number of halogens is 1. The molecular formula is C13H10ClN5O3S. The van der Waals surface area contributed by atoms with Gasteiger partial charge in [-0.05, 0) is 6.07 Å². The number of benzene rings is 1. The van der Waals surface area contributed by atoms with Gasteiger partial charge in [0.1, 0.15) is 11.4 Å². The first kappa shape index (κ1) is 15.4. The largest absolute Gasteiger partial charge is 0.364 e. The molecule has 2 aromatic heterocycles. The quantitative estimate of drug-likeness (QED) is 0.681. The summed E-state index contributed by atoms with van der Waals surface area (Å²) in [6, 6.07) is 6.85. The molecule has 0 atom stereocenters. The van der Waals surface area contributed by atoms with Crippen molar-refractivity contribution in [3.63, 3.8) is 0 Å². The fourth-order valence-corrected chi connectivity index (χ4v) is 2.84. The molecule has 23 heavy (non-hydrogen) atoms. The Kier molecular flexibility index (Phi) is 3.53. The van der Waals surface area contributed by atoms with E-state index in [0.717, 1.165) is 6.26 Å². The van der Waals surface area contributed by atoms with E-state index in [1.807, 2.05) is 0 Å². The second-order valence-electron chi connectivity index (χ2n) is 4.77. The summed E-state index contributed by atoms with van der Waals surface area (Å²) < 4.78 is 23.3. The average molecular weight is 352 g/mol. The molecule has 3 rings (SSSR count). The number of nitrogens with zero attached hydrogens (tertiary/aromatic N) is 3. The zero-order valence-corrected chi connectivity index (χ0v) is 13.3. The topological polar surface area (TPSA) is 132 Å². The molecule has 10 heteroatoms. The van der Waals surface area contributed by atoms with Gasteiger partial charge in [0.2, 0.25) is 15.0 Å². The summed E-state index contributed by atoms with van der Waals surface area (Å²) >= 11 is 6.15. The zero-order valence-electron chi connectivity index (χ0n) is 11.7. The van der Waals surface area contributed by atoms with Gasteiger partial charge in [-0.1, -0.05) is 29.8 Å². The Morgan fingerprint density at radius 2 is 1.96 bits per heavy atom. The first-order chi connectivity index (χ1) is 10.8. The Balaban J connectivity index is 2.41. The maximum atomic E-state index is 11.7. The molecule has 0 aliphatic carbocycles. The predicted octanol–water partition coefficient (Wildman–Crippen LogP) is 1.18. The Labute approximate surface area is 135 Å². The van der Waals surface area contributed by atoms with Gasteiger partial charge in [0, 0.05) is 11.8 Å². The number of carbonyl (C=O) groups is 1. The molecule has 2 heterocycles. The van der Waals surface area contributed by atoms with Crippen LogP contribution in [0.1, 0.15) is 10.5 Å². The number of hydrogen-bond acceptors (Lipinski definition) is 6. The molecule has 3 N–H and O–H groups in total. The number of amides is 1. The van der Waals surface area contributed by atoms with Gasteiger partial charge in [0.05, 0.1) is 10.4 Å². The molecule has 1 amide bonds. The summed E-state index contributed by atoms with van der Waals surface area (Å²) in [5, 5.41) is 6.79. The van der Waals surface area contributed by atoms with Crippen molar-refractivity contribution in [1.29, 1.82) is 0 Å². The molecule has 0 unspecified atom stereocenters. The molecule has 8 nitrogen and oxygen atoms in total. The van der Waals surface area contributed by atoms with Crippen LogP contribution in [0.4, 0.5) is 0 Å². The lowest BCUT2D eigenvalue weighted by Gasteiger charge is -2.04. The predicted molar refractivity (Wildman–Crippen MR) is 83.8 cm³/mol. The Morgan fingerprint density at radius 1 is 1.26 bits per heavy atom. The van der Waals surface area contributed by atoms with Crippen LogP contribution in [-0.4, -0.2) is 40.7 Å². The van der Waals surface area contributed by atoms with E-state index in [2.05, 4.69) is 20.2 Å². The van der Waals surface area contributed by atoms with E-state index in [4.69, 9.17) is 17.3 Å². The van der Waals surface area contributed by atoms with E-state index in [1.54, 1.807) is 24.3 Å². The molecule has 0 spiro atoms. The first-order valence-electron chi connectivity index (χ1n) is 6.30. The molecule has 1 aromatic carbocycles. The number of aromatic amines is 1. The smallest absolute Gasteiger partial charge is 0.268 e. The molecule has 0 fully saturated rings. The van der Waals surface area contributed by atoms with Crippen LogP contribution in [0.5, 0.6) is 0 Å². The zero-order chi connectivity index (χ0) is 16.8. The molecule has 0 aliphatic rings. The number of carbonyl (C=O) groups excluding carboxylic acids is 1. The third kappa shape index (κ3) is 2.64. The van der Waals surface area contributed by atoms with E-state index in [9.17, 15) is 13.2 Å². The van der Waals surface area contributed by atoms with E-state index >= 15 is 0 Å². The van der Waals surface area contributed by atoms with Crippen LogP contribution in [0, 0.1) is 0 Å². The number of nitrogens with one attached hydrogen (secondary N) is 1. The number of H-pyrrole nitrogens is 1. The van der Waals surface area contributed by atoms with Gasteiger partial charge < -0.3 is 5.73 Å². The van der Waals surface area contributed by atoms with Crippen LogP contribution in [0.3, 0.4) is 0 Å². The summed E-state index contributed by atoms with van der Waals surface area (Å²) in [6.07, 6.45) is 0.935. The van der Waals surface area contributed by atoms with E-state index in [1.165, 1.54) is 0 Å². The van der Waals surface area contributed by atoms with Gasteiger partial charge in [-0.3, -0.25) is 9.89 Å². The molecule has 0 saturated carbocycles. The van der Waals surface area contributed by atoms with Crippen molar-refractivity contribution in [2.45, 2.75) is 5.16 Å². The molecule has 0 bridgehead atoms. The minimum Gasteiger partial charge on any atom is -0.364 e. The molecule has 0 radical (unpaired) electrons. The van der Waals surface area contributed by atoms with E-state index in [-0.39, 0.29) is 16.7 Å². The third-order valence-electron chi connectivity index (χ3n) is 3.09. The molecule has 118 valence electrons. The summed E-state index contributed by atoms with van der Waals surface area (Å²) in [7, 11) is -3.72. The van der Waals surface area contributed by atoms with Crippen LogP contribution in [-0.2, 0) is 9.84 Å². The lowest BCUT2D eigenvalue weighted by molar-refractivity contribution is 0.0996. The minimum atomic E-state index is -3.72. The summed E-state index contributed by atoms with van der Waals surface area (Å²) in [5.74, 6) is -0.892. The lowest BCUT2D eigenvalue weighted by atomic mass is 10.1. The fraction of sp³-hybridized carbons (Fsp3) is 0.0769. The highest BCUT2D eigenvalue weighted by Crippen LogP contribution is 2.32.